The van der Waals surface area contributed by atoms with E-state index in [-0.39, 0.29) is 43.2 Å². The number of carboxylic acids is 1. The first kappa shape index (κ1) is 107. The molecule has 726 valence electrons. The molecule has 4 aliphatic rings. The van der Waals surface area contributed by atoms with Gasteiger partial charge in [0.2, 0.25) is 36.8 Å². The lowest BCUT2D eigenvalue weighted by Gasteiger charge is -2.42. The second kappa shape index (κ2) is 44.9. The summed E-state index contributed by atoms with van der Waals surface area (Å²) in [4.78, 5) is 69.5. The smallest absolute Gasteiger partial charge is 0.481 e. The van der Waals surface area contributed by atoms with E-state index in [0.29, 0.717) is 109 Å². The van der Waals surface area contributed by atoms with Crippen LogP contribution in [0.3, 0.4) is 0 Å². The minimum absolute atomic E-state index is 0.0873. The fourth-order valence-electron chi connectivity index (χ4n) is 19.0. The molecule has 12 aromatic rings. The molecule has 8 N–H and O–H groups in total. The average Bonchev–Trinajstić information content (AvgIpc) is 1.57. The minimum Gasteiger partial charge on any atom is -0.481 e. The van der Waals surface area contributed by atoms with Crippen molar-refractivity contribution in [3.05, 3.63) is 171 Å². The maximum absolute atomic E-state index is 13.2. The molecule has 8 aromatic heterocycles. The van der Waals surface area contributed by atoms with Crippen LogP contribution in [-0.2, 0) is 63.4 Å². The third-order valence-corrected chi connectivity index (χ3v) is 49.6. The fraction of sp³-hybridized carbons (Fsp3) is 0.495. The molecule has 1 saturated heterocycles. The Hall–Kier alpha value is -8.20. The maximum Gasteiger partial charge on any atom is 0.494 e. The van der Waals surface area contributed by atoms with Crippen LogP contribution in [0.5, 0.6) is 0 Å². The number of aliphatic hydroxyl groups is 1. The first-order valence-corrected chi connectivity index (χ1v) is 57.2. The summed E-state index contributed by atoms with van der Waals surface area (Å²) < 4.78 is 75.0. The van der Waals surface area contributed by atoms with E-state index in [9.17, 15) is 32.7 Å². The first-order valence-electron chi connectivity index (χ1n) is 46.7. The molecular formula is C101H135BBrF3N12O10S4Si3. The Bertz CT molecular complexity index is 6080. The Labute approximate surface area is 821 Å². The number of pyridine rings is 4. The zero-order valence-corrected chi connectivity index (χ0v) is 90.6. The number of rotatable bonds is 28. The molecule has 0 bridgehead atoms. The van der Waals surface area contributed by atoms with E-state index in [4.69, 9.17) is 49.1 Å². The van der Waals surface area contributed by atoms with Crippen molar-refractivity contribution in [2.45, 2.75) is 305 Å². The third kappa shape index (κ3) is 25.5. The van der Waals surface area contributed by atoms with Gasteiger partial charge in [-0.1, -0.05) is 194 Å². The molecule has 4 fully saturated rings. The number of fused-ring (bicyclic) bond motifs is 4. The highest BCUT2D eigenvalue weighted by atomic mass is 79.9. The molecule has 0 radical (unpaired) electrons. The summed E-state index contributed by atoms with van der Waals surface area (Å²) in [6, 6.07) is 32.5. The van der Waals surface area contributed by atoms with Crippen LogP contribution in [0, 0.1) is 45.4 Å². The molecule has 9 heterocycles. The number of amides is 2. The van der Waals surface area contributed by atoms with Crippen LogP contribution < -0.4 is 27.6 Å². The van der Waals surface area contributed by atoms with Gasteiger partial charge in [0.05, 0.1) is 119 Å². The number of alkyl halides is 3. The summed E-state index contributed by atoms with van der Waals surface area (Å²) in [6.45, 7) is 59.7. The van der Waals surface area contributed by atoms with Gasteiger partial charge in [-0.3, -0.25) is 34.3 Å². The number of nitrogens with zero attached hydrogens (tertiary/aromatic N) is 8. The summed E-state index contributed by atoms with van der Waals surface area (Å²) >= 11 is 9.28. The van der Waals surface area contributed by atoms with Gasteiger partial charge in [-0.05, 0) is 258 Å². The van der Waals surface area contributed by atoms with Gasteiger partial charge in [-0.25, -0.2) is 33.1 Å². The molecule has 0 unspecified atom stereocenters. The predicted molar refractivity (Wildman–Crippen MR) is 561 cm³/mol. The predicted octanol–water partition coefficient (Wildman–Crippen LogP) is 26.5. The van der Waals surface area contributed by atoms with Crippen molar-refractivity contribution < 1.29 is 60.4 Å². The molecule has 135 heavy (non-hydrogen) atoms. The van der Waals surface area contributed by atoms with E-state index in [1.807, 2.05) is 108 Å². The average molecular weight is 2040 g/mol. The Balaban J connectivity index is 0.000000162. The fourth-order valence-corrected chi connectivity index (χ4v) is 38.5. The number of thiazole rings is 4. The second-order valence-electron chi connectivity index (χ2n) is 39.8. The van der Waals surface area contributed by atoms with E-state index < -0.39 is 67.2 Å². The van der Waals surface area contributed by atoms with Gasteiger partial charge >= 0.3 is 13.1 Å². The minimum atomic E-state index is -1.95. The highest BCUT2D eigenvalue weighted by molar-refractivity contribution is 9.10. The molecule has 1 aliphatic heterocycles. The number of halogens is 4. The van der Waals surface area contributed by atoms with Gasteiger partial charge in [0, 0.05) is 46.0 Å². The SMILES string of the molecule is CC1(C)OB(c2ccc3sc(N)nc3c2)OC1(C)C.Cc1cc(CO)ncc1-c1ccc2sc(NC(=O)[C@@H]3C[C@@H]3F)nc2c1.Cc1cc(CO[Si](C(C)C)(C(C)C)C(C)C)ncc1-c1ccc2sc(N)nc2c1.Cc1cc(CO[Si](C(C)C)(C(C)C)C(C)C)ncc1-c1ccc2sc(NC(=O)[C@@H]3C[C@@H]3F)nc2c1.Cc1cc(CO[Si](C(C)C)(C(C)C)C(C)C)ncc1Br.O=C(O)[C@@H]1C[C@@H]1F. The number of aromatic nitrogens is 8. The molecule has 34 heteroatoms. The van der Waals surface area contributed by atoms with Crippen LogP contribution in [-0.4, -0.2) is 130 Å². The molecule has 3 saturated carbocycles. The van der Waals surface area contributed by atoms with Crippen LogP contribution >= 0.6 is 61.3 Å². The number of aryl methyl sites for hydroxylation is 4. The molecule has 16 rings (SSSR count). The molecule has 2 amide bonds. The Morgan fingerprint density at radius 2 is 0.733 bits per heavy atom. The first-order chi connectivity index (χ1) is 63.4. The zero-order chi connectivity index (χ0) is 99.2. The van der Waals surface area contributed by atoms with Gasteiger partial charge in [-0.15, -0.1) is 0 Å². The normalized spacial score (nSPS) is 17.8. The summed E-state index contributed by atoms with van der Waals surface area (Å²) in [5.74, 6) is -3.32. The lowest BCUT2D eigenvalue weighted by molar-refractivity contribution is -0.139. The number of nitrogens with one attached hydrogen (secondary N) is 2. The van der Waals surface area contributed by atoms with E-state index in [0.717, 1.165) is 112 Å². The largest absolute Gasteiger partial charge is 0.494 e. The number of carbonyl (C=O) groups is 3. The summed E-state index contributed by atoms with van der Waals surface area (Å²) in [5.41, 5.74) is 34.9. The zero-order valence-electron chi connectivity index (χ0n) is 82.8. The van der Waals surface area contributed by atoms with Gasteiger partial charge in [0.1, 0.15) is 18.5 Å². The third-order valence-electron chi connectivity index (χ3n) is 27.0. The van der Waals surface area contributed by atoms with Gasteiger partial charge < -0.3 is 54.9 Å². The van der Waals surface area contributed by atoms with Crippen LogP contribution in [0.2, 0.25) is 49.9 Å². The number of hydrogen-bond donors (Lipinski definition) is 6. The highest BCUT2D eigenvalue weighted by Crippen LogP contribution is 2.48. The van der Waals surface area contributed by atoms with Crippen molar-refractivity contribution in [2.75, 3.05) is 22.1 Å². The number of hydrogen-bond acceptors (Lipinski definition) is 23. The van der Waals surface area contributed by atoms with Crippen molar-refractivity contribution in [3.63, 3.8) is 0 Å². The molecule has 0 spiro atoms. The highest BCUT2D eigenvalue weighted by Gasteiger charge is 2.53. The van der Waals surface area contributed by atoms with Crippen molar-refractivity contribution in [3.8, 4) is 33.4 Å². The van der Waals surface area contributed by atoms with Crippen LogP contribution in [0.1, 0.15) is 217 Å². The number of aliphatic hydroxyl groups excluding tert-OH is 1. The topological polar surface area (TPSA) is 317 Å². The van der Waals surface area contributed by atoms with Gasteiger partial charge in [0.15, 0.2) is 20.5 Å². The Morgan fingerprint density at radius 1 is 0.444 bits per heavy atom. The van der Waals surface area contributed by atoms with E-state index in [2.05, 4.69) is 244 Å². The molecular weight excluding hydrogens is 1900 g/mol. The van der Waals surface area contributed by atoms with Crippen LogP contribution in [0.4, 0.5) is 33.7 Å². The lowest BCUT2D eigenvalue weighted by atomic mass is 9.79. The number of nitrogens with two attached hydrogens (primary N) is 2. The number of carbonyl (C=O) groups excluding carboxylic acids is 2. The molecule has 6 atom stereocenters. The molecule has 4 aromatic carbocycles. The number of benzene rings is 4. The lowest BCUT2D eigenvalue weighted by Crippen LogP contribution is -2.47. The number of aliphatic carboxylic acids is 1. The number of anilines is 4. The molecule has 22 nitrogen and oxygen atoms in total. The summed E-state index contributed by atoms with van der Waals surface area (Å²) in [7, 11) is -5.99. The van der Waals surface area contributed by atoms with Crippen molar-refractivity contribution in [1.82, 2.24) is 39.9 Å². The maximum atomic E-state index is 13.2. The van der Waals surface area contributed by atoms with Crippen LogP contribution in [0.25, 0.3) is 74.2 Å². The second-order valence-corrected chi connectivity index (χ2v) is 61.2. The van der Waals surface area contributed by atoms with Crippen molar-refractivity contribution in [1.29, 1.82) is 0 Å². The summed E-state index contributed by atoms with van der Waals surface area (Å²) in [5, 5.41) is 24.8. The number of carboxylic acid groups (broad SMARTS) is 1. The molecule has 3 aliphatic carbocycles. The van der Waals surface area contributed by atoms with Crippen molar-refractivity contribution in [2.24, 2.45) is 17.8 Å². The standard InChI is InChI=1S/C27H36FN3O2SSi.C23H33N3OSSi.C18H16FN3O2S.C16H28BrNOSi.C13H17BN2O2S.C4H5FO2/c1-15(2)35(16(3)4,17(5)6)33-14-20-10-18(7)22(13-29-20)19-8-9-25-24(11-19)30-27(34-25)31-26(32)21-12-23(21)28;1-14(2)29(15(3)4,16(5)6)27-13-19-10-17(7)20(12-25-19)18-8-9-22-21(11-18)26-23(24)28-22;1-9-4-11(8-23)20-7-13(9)10-2-3-16-15(5-10)21-18(25-16)22-17(24)12-6-14(12)19;1-11(2)20(12(3)4,13(5)6)19-10-15-8-14(7)16(17)9-18-15;1-12(2)13(3,4)18-14(17-12)8-5-6-10-9(7-8)16-11(15)19-10;5-3-1-2(3)4(6)7/h8-11,13,15-17,21,23H,12,14H2,1-7H3,(H,30,31,32);8-12,14-16H,13H2,1-7H3,(H2,24,26);2-5,7,12,14,23H,6,8H2,1H3,(H,21,22,24);8-9,11-13H,10H2,1-7H3;5-7H,1-4H3,(H2,15,16);2-3H,1H2,(H,6,7)/t21-,23+;;12-,14+;;;2-,3+/m1.1..1/s1. The quantitative estimate of drug-likeness (QED) is 0.0248. The summed E-state index contributed by atoms with van der Waals surface area (Å²) in [6.07, 6.45) is 5.24. The Morgan fingerprint density at radius 3 is 1.03 bits per heavy atom. The van der Waals surface area contributed by atoms with Crippen molar-refractivity contribution >= 4 is 178 Å². The van der Waals surface area contributed by atoms with E-state index in [1.54, 1.807) is 6.20 Å². The van der Waals surface area contributed by atoms with E-state index in [1.165, 1.54) is 56.5 Å². The van der Waals surface area contributed by atoms with Gasteiger partial charge in [0.25, 0.3) is 0 Å². The van der Waals surface area contributed by atoms with E-state index >= 15 is 0 Å². The van der Waals surface area contributed by atoms with Crippen LogP contribution in [0.15, 0.2) is 126 Å². The monoisotopic (exact) mass is 2030 g/mol. The number of nitrogen functional groups attached to an aromatic ring is 2. The Kier molecular flexibility index (Phi) is 35.7. The van der Waals surface area contributed by atoms with Gasteiger partial charge in [-0.2, -0.15) is 0 Å².